The van der Waals surface area contributed by atoms with Crippen LogP contribution in [0.2, 0.25) is 0 Å². The first-order valence-corrected chi connectivity index (χ1v) is 6.13. The van der Waals surface area contributed by atoms with Crippen LogP contribution in [0.15, 0.2) is 17.3 Å². The van der Waals surface area contributed by atoms with Crippen molar-refractivity contribution in [3.63, 3.8) is 0 Å². The maximum Gasteiger partial charge on any atom is 0.123 e. The van der Waals surface area contributed by atoms with Crippen molar-refractivity contribution < 1.29 is 10.3 Å². The molecule has 100 valence electrons. The fourth-order valence-corrected chi connectivity index (χ4v) is 1.94. The van der Waals surface area contributed by atoms with Crippen molar-refractivity contribution in [2.75, 3.05) is 0 Å². The molecular weight excluding hydrogens is 226 g/mol. The van der Waals surface area contributed by atoms with E-state index >= 15 is 0 Å². The molecule has 0 aromatic heterocycles. The third kappa shape index (κ3) is 3.03. The summed E-state index contributed by atoms with van der Waals surface area (Å²) in [5, 5.41) is 22.2. The van der Waals surface area contributed by atoms with Gasteiger partial charge in [0.1, 0.15) is 5.75 Å². The first-order valence-electron chi connectivity index (χ1n) is 6.13. The molecule has 3 heteroatoms. The zero-order chi connectivity index (χ0) is 14.1. The van der Waals surface area contributed by atoms with Crippen LogP contribution in [0.25, 0.3) is 0 Å². The zero-order valence-corrected chi connectivity index (χ0v) is 12.1. The van der Waals surface area contributed by atoms with E-state index < -0.39 is 0 Å². The molecule has 0 saturated carbocycles. The van der Waals surface area contributed by atoms with Gasteiger partial charge in [-0.25, -0.2) is 0 Å². The Balaban J connectivity index is 3.59. The van der Waals surface area contributed by atoms with Gasteiger partial charge in [-0.1, -0.05) is 46.7 Å². The maximum atomic E-state index is 10.4. The molecule has 0 radical (unpaired) electrons. The Hall–Kier alpha value is -1.51. The minimum atomic E-state index is -0.163. The van der Waals surface area contributed by atoms with Gasteiger partial charge in [0.05, 0.1) is 6.21 Å². The Bertz CT molecular complexity index is 427. The number of benzene rings is 1. The lowest BCUT2D eigenvalue weighted by atomic mass is 9.78. The minimum absolute atomic E-state index is 0.163. The third-order valence-electron chi connectivity index (χ3n) is 2.96. The van der Waals surface area contributed by atoms with Gasteiger partial charge >= 0.3 is 0 Å². The smallest absolute Gasteiger partial charge is 0.123 e. The normalized spacial score (nSPS) is 13.2. The van der Waals surface area contributed by atoms with Gasteiger partial charge < -0.3 is 10.3 Å². The Morgan fingerprint density at radius 1 is 0.944 bits per heavy atom. The molecule has 0 aliphatic heterocycles. The van der Waals surface area contributed by atoms with E-state index in [0.717, 1.165) is 16.7 Å². The molecule has 1 aromatic carbocycles. The number of nitrogens with zero attached hydrogens (tertiary/aromatic N) is 1. The fraction of sp³-hybridized carbons (Fsp3) is 0.533. The van der Waals surface area contributed by atoms with Crippen LogP contribution < -0.4 is 0 Å². The molecule has 0 amide bonds. The Morgan fingerprint density at radius 2 is 1.33 bits per heavy atom. The van der Waals surface area contributed by atoms with Crippen molar-refractivity contribution in [3.05, 3.63) is 28.8 Å². The molecule has 1 aromatic rings. The SMILES string of the molecule is CC(C)(C)c1cc(/C=N/O)cc(C(C)(C)C)c1O. The van der Waals surface area contributed by atoms with Crippen LogP contribution in [0.4, 0.5) is 0 Å². The second kappa shape index (κ2) is 4.63. The molecule has 0 heterocycles. The van der Waals surface area contributed by atoms with Crippen molar-refractivity contribution in [2.24, 2.45) is 5.16 Å². The minimum Gasteiger partial charge on any atom is -0.507 e. The maximum absolute atomic E-state index is 10.4. The number of oxime groups is 1. The van der Waals surface area contributed by atoms with Gasteiger partial charge in [-0.15, -0.1) is 0 Å². The second-order valence-corrected chi connectivity index (χ2v) is 6.71. The van der Waals surface area contributed by atoms with Gasteiger partial charge in [0.15, 0.2) is 0 Å². The van der Waals surface area contributed by atoms with Crippen LogP contribution in [-0.4, -0.2) is 16.5 Å². The summed E-state index contributed by atoms with van der Waals surface area (Å²) < 4.78 is 0. The molecule has 0 aliphatic carbocycles. The zero-order valence-electron chi connectivity index (χ0n) is 12.1. The van der Waals surface area contributed by atoms with Gasteiger partial charge in [-0.05, 0) is 28.5 Å². The fourth-order valence-electron chi connectivity index (χ4n) is 1.94. The van der Waals surface area contributed by atoms with Crippen molar-refractivity contribution in [3.8, 4) is 5.75 Å². The lowest BCUT2D eigenvalue weighted by Gasteiger charge is -2.27. The van der Waals surface area contributed by atoms with Gasteiger partial charge in [-0.3, -0.25) is 0 Å². The molecule has 1 rings (SSSR count). The van der Waals surface area contributed by atoms with Gasteiger partial charge in [0.25, 0.3) is 0 Å². The third-order valence-corrected chi connectivity index (χ3v) is 2.96. The second-order valence-electron chi connectivity index (χ2n) is 6.71. The predicted octanol–water partition coefficient (Wildman–Crippen LogP) is 3.80. The summed E-state index contributed by atoms with van der Waals surface area (Å²) >= 11 is 0. The quantitative estimate of drug-likeness (QED) is 0.452. The van der Waals surface area contributed by atoms with Crippen LogP contribution in [0.1, 0.15) is 58.2 Å². The van der Waals surface area contributed by atoms with E-state index in [2.05, 4.69) is 5.16 Å². The number of phenolic OH excluding ortho intramolecular Hbond substituents is 1. The molecule has 0 aliphatic rings. The Kier molecular flexibility index (Phi) is 3.75. The van der Waals surface area contributed by atoms with E-state index in [9.17, 15) is 5.11 Å². The van der Waals surface area contributed by atoms with E-state index in [4.69, 9.17) is 5.21 Å². The highest BCUT2D eigenvalue weighted by atomic mass is 16.4. The highest BCUT2D eigenvalue weighted by Crippen LogP contribution is 2.39. The average Bonchev–Trinajstić information content (AvgIpc) is 2.17. The molecule has 0 atom stereocenters. The van der Waals surface area contributed by atoms with Crippen molar-refractivity contribution >= 4 is 6.21 Å². The van der Waals surface area contributed by atoms with Crippen molar-refractivity contribution in [2.45, 2.75) is 52.4 Å². The van der Waals surface area contributed by atoms with Crippen LogP contribution >= 0.6 is 0 Å². The van der Waals surface area contributed by atoms with E-state index in [0.29, 0.717) is 5.75 Å². The van der Waals surface area contributed by atoms with Crippen molar-refractivity contribution in [1.82, 2.24) is 0 Å². The summed E-state index contributed by atoms with van der Waals surface area (Å²) in [4.78, 5) is 0. The molecule has 0 bridgehead atoms. The van der Waals surface area contributed by atoms with E-state index in [1.54, 1.807) is 0 Å². The van der Waals surface area contributed by atoms with E-state index in [1.807, 2.05) is 53.7 Å². The first kappa shape index (κ1) is 14.6. The Labute approximate surface area is 109 Å². The lowest BCUT2D eigenvalue weighted by Crippen LogP contribution is -2.17. The van der Waals surface area contributed by atoms with E-state index in [1.165, 1.54) is 6.21 Å². The Morgan fingerprint density at radius 3 is 1.61 bits per heavy atom. The molecule has 0 spiro atoms. The number of hydrogen-bond donors (Lipinski definition) is 2. The number of rotatable bonds is 1. The monoisotopic (exact) mass is 249 g/mol. The first-order chi connectivity index (χ1) is 8.07. The standard InChI is InChI=1S/C15H23NO2/c1-14(2,3)11-7-10(9-16-18)8-12(13(11)17)15(4,5)6/h7-9,17-18H,1-6H3/b16-9+. The van der Waals surface area contributed by atoms with Gasteiger partial charge in [0.2, 0.25) is 0 Å². The summed E-state index contributed by atoms with van der Waals surface area (Å²) in [7, 11) is 0. The van der Waals surface area contributed by atoms with Gasteiger partial charge in [-0.2, -0.15) is 0 Å². The largest absolute Gasteiger partial charge is 0.507 e. The number of hydrogen-bond acceptors (Lipinski definition) is 3. The summed E-state index contributed by atoms with van der Waals surface area (Å²) in [5.41, 5.74) is 2.20. The highest BCUT2D eigenvalue weighted by molar-refractivity contribution is 5.81. The van der Waals surface area contributed by atoms with E-state index in [-0.39, 0.29) is 10.8 Å². The summed E-state index contributed by atoms with van der Waals surface area (Å²) in [6, 6.07) is 3.73. The molecule has 0 saturated heterocycles. The molecule has 2 N–H and O–H groups in total. The lowest BCUT2D eigenvalue weighted by molar-refractivity contribution is 0.322. The molecule has 3 nitrogen and oxygen atoms in total. The van der Waals surface area contributed by atoms with Crippen LogP contribution in [0.3, 0.4) is 0 Å². The summed E-state index contributed by atoms with van der Waals surface area (Å²) in [6.45, 7) is 12.3. The highest BCUT2D eigenvalue weighted by Gasteiger charge is 2.26. The van der Waals surface area contributed by atoms with Crippen LogP contribution in [-0.2, 0) is 10.8 Å². The molecular formula is C15H23NO2. The number of phenols is 1. The van der Waals surface area contributed by atoms with Crippen LogP contribution in [0, 0.1) is 0 Å². The summed E-state index contributed by atoms with van der Waals surface area (Å²) in [5.74, 6) is 0.338. The summed E-state index contributed by atoms with van der Waals surface area (Å²) in [6.07, 6.45) is 1.39. The molecule has 0 fully saturated rings. The molecule has 18 heavy (non-hydrogen) atoms. The average molecular weight is 249 g/mol. The van der Waals surface area contributed by atoms with Crippen LogP contribution in [0.5, 0.6) is 5.75 Å². The van der Waals surface area contributed by atoms with Crippen molar-refractivity contribution in [1.29, 1.82) is 0 Å². The predicted molar refractivity (Wildman–Crippen MR) is 74.9 cm³/mol. The topological polar surface area (TPSA) is 52.8 Å². The number of aromatic hydroxyl groups is 1. The molecule has 0 unspecified atom stereocenters. The van der Waals surface area contributed by atoms with Gasteiger partial charge in [0, 0.05) is 11.1 Å².